The lowest BCUT2D eigenvalue weighted by Crippen LogP contribution is -1.86. The Bertz CT molecular complexity index is 240. The number of hydrogen-bond donors (Lipinski definition) is 0. The van der Waals surface area contributed by atoms with Gasteiger partial charge >= 0.3 is 0 Å². The van der Waals surface area contributed by atoms with Gasteiger partial charge in [0.05, 0.1) is 6.67 Å². The van der Waals surface area contributed by atoms with E-state index in [9.17, 15) is 4.39 Å². The van der Waals surface area contributed by atoms with E-state index < -0.39 is 0 Å². The summed E-state index contributed by atoms with van der Waals surface area (Å²) >= 11 is 11.5. The Morgan fingerprint density at radius 3 is 2.17 bits per heavy atom. The molecule has 0 unspecified atom stereocenters. The Morgan fingerprint density at radius 1 is 1.08 bits per heavy atom. The fourth-order valence-corrected chi connectivity index (χ4v) is 1.60. The molecule has 0 bridgehead atoms. The fraction of sp³-hybridized carbons (Fsp3) is 0.333. The van der Waals surface area contributed by atoms with Crippen molar-refractivity contribution >= 4 is 23.2 Å². The molecule has 0 radical (unpaired) electrons. The van der Waals surface area contributed by atoms with Gasteiger partial charge in [0.1, 0.15) is 0 Å². The van der Waals surface area contributed by atoms with Crippen molar-refractivity contribution in [2.45, 2.75) is 12.8 Å². The first-order valence-electron chi connectivity index (χ1n) is 3.73. The number of rotatable bonds is 3. The number of benzene rings is 1. The minimum Gasteiger partial charge on any atom is -0.251 e. The third kappa shape index (κ3) is 3.00. The van der Waals surface area contributed by atoms with Crippen molar-refractivity contribution in [1.82, 2.24) is 0 Å². The molecule has 1 aromatic carbocycles. The zero-order valence-corrected chi connectivity index (χ0v) is 8.00. The minimum atomic E-state index is -0.301. The van der Waals surface area contributed by atoms with Crippen LogP contribution in [0.2, 0.25) is 10.0 Å². The molecule has 66 valence electrons. The molecule has 0 atom stereocenters. The molecule has 0 aromatic heterocycles. The first-order chi connectivity index (χ1) is 5.72. The van der Waals surface area contributed by atoms with Crippen LogP contribution in [0, 0.1) is 0 Å². The molecule has 0 aliphatic carbocycles. The molecule has 0 aliphatic heterocycles. The fourth-order valence-electron chi connectivity index (χ4n) is 1.03. The summed E-state index contributed by atoms with van der Waals surface area (Å²) in [6.45, 7) is -0.301. The van der Waals surface area contributed by atoms with Crippen LogP contribution < -0.4 is 0 Å². The molecule has 0 heterocycles. The second kappa shape index (κ2) is 4.68. The van der Waals surface area contributed by atoms with Gasteiger partial charge in [-0.25, -0.2) is 0 Å². The topological polar surface area (TPSA) is 0 Å². The van der Waals surface area contributed by atoms with E-state index in [1.54, 1.807) is 6.07 Å². The van der Waals surface area contributed by atoms with E-state index in [0.717, 1.165) is 5.56 Å². The van der Waals surface area contributed by atoms with Crippen molar-refractivity contribution in [2.24, 2.45) is 0 Å². The average Bonchev–Trinajstić information content (AvgIpc) is 1.99. The second-order valence-corrected chi connectivity index (χ2v) is 3.44. The predicted molar refractivity (Wildman–Crippen MR) is 50.8 cm³/mol. The van der Waals surface area contributed by atoms with E-state index in [-0.39, 0.29) is 6.67 Å². The molecule has 0 fully saturated rings. The van der Waals surface area contributed by atoms with Gasteiger partial charge in [0.25, 0.3) is 0 Å². The Hall–Kier alpha value is -0.270. The Kier molecular flexibility index (Phi) is 3.83. The first-order valence-corrected chi connectivity index (χ1v) is 4.49. The van der Waals surface area contributed by atoms with Crippen molar-refractivity contribution in [2.75, 3.05) is 6.67 Å². The van der Waals surface area contributed by atoms with E-state index >= 15 is 0 Å². The molecule has 3 heteroatoms. The monoisotopic (exact) mass is 206 g/mol. The van der Waals surface area contributed by atoms with Gasteiger partial charge in [-0.1, -0.05) is 23.2 Å². The molecule has 0 amide bonds. The van der Waals surface area contributed by atoms with Crippen LogP contribution in [0.1, 0.15) is 12.0 Å². The Morgan fingerprint density at radius 2 is 1.67 bits per heavy atom. The van der Waals surface area contributed by atoms with E-state index in [1.165, 1.54) is 0 Å². The zero-order chi connectivity index (χ0) is 8.97. The highest BCUT2D eigenvalue weighted by molar-refractivity contribution is 6.34. The molecule has 0 saturated carbocycles. The van der Waals surface area contributed by atoms with Crippen LogP contribution in [0.3, 0.4) is 0 Å². The van der Waals surface area contributed by atoms with Gasteiger partial charge < -0.3 is 0 Å². The lowest BCUT2D eigenvalue weighted by atomic mass is 10.1. The van der Waals surface area contributed by atoms with Crippen molar-refractivity contribution in [3.8, 4) is 0 Å². The molecule has 0 N–H and O–H groups in total. The van der Waals surface area contributed by atoms with Gasteiger partial charge in [0.2, 0.25) is 0 Å². The van der Waals surface area contributed by atoms with Crippen LogP contribution in [0.4, 0.5) is 4.39 Å². The molecule has 0 saturated heterocycles. The smallest absolute Gasteiger partial charge is 0.0897 e. The number of alkyl halides is 1. The Balaban J connectivity index is 2.72. The third-order valence-corrected chi connectivity index (χ3v) is 1.96. The molecule has 0 nitrogen and oxygen atoms in total. The van der Waals surface area contributed by atoms with E-state index in [2.05, 4.69) is 0 Å². The molecule has 12 heavy (non-hydrogen) atoms. The maximum Gasteiger partial charge on any atom is 0.0897 e. The molecular formula is C9H9Cl2F. The molecule has 0 spiro atoms. The third-order valence-electron chi connectivity index (χ3n) is 1.52. The summed E-state index contributed by atoms with van der Waals surface area (Å²) in [5, 5.41) is 1.22. The van der Waals surface area contributed by atoms with Crippen molar-refractivity contribution in [3.63, 3.8) is 0 Å². The SMILES string of the molecule is FCCCc1cc(Cl)cc(Cl)c1. The van der Waals surface area contributed by atoms with Crippen LogP contribution in [0.5, 0.6) is 0 Å². The van der Waals surface area contributed by atoms with E-state index in [0.29, 0.717) is 22.9 Å². The van der Waals surface area contributed by atoms with Crippen LogP contribution >= 0.6 is 23.2 Å². The van der Waals surface area contributed by atoms with Crippen LogP contribution in [0.25, 0.3) is 0 Å². The summed E-state index contributed by atoms with van der Waals surface area (Å²) in [5.41, 5.74) is 0.991. The molecule has 1 aromatic rings. The van der Waals surface area contributed by atoms with Crippen LogP contribution in [-0.4, -0.2) is 6.67 Å². The zero-order valence-electron chi connectivity index (χ0n) is 6.49. The van der Waals surface area contributed by atoms with Crippen molar-refractivity contribution in [1.29, 1.82) is 0 Å². The summed E-state index contributed by atoms with van der Waals surface area (Å²) in [7, 11) is 0. The summed E-state index contributed by atoms with van der Waals surface area (Å²) in [5.74, 6) is 0. The highest BCUT2D eigenvalue weighted by Crippen LogP contribution is 2.19. The highest BCUT2D eigenvalue weighted by Gasteiger charge is 1.97. The molecule has 1 rings (SSSR count). The van der Waals surface area contributed by atoms with Crippen LogP contribution in [-0.2, 0) is 6.42 Å². The average molecular weight is 207 g/mol. The normalized spacial score (nSPS) is 10.2. The maximum atomic E-state index is 11.8. The summed E-state index contributed by atoms with van der Waals surface area (Å²) in [6, 6.07) is 5.29. The highest BCUT2D eigenvalue weighted by atomic mass is 35.5. The largest absolute Gasteiger partial charge is 0.251 e. The number of halogens is 3. The molecular weight excluding hydrogens is 198 g/mol. The maximum absolute atomic E-state index is 11.8. The van der Waals surface area contributed by atoms with Gasteiger partial charge in [-0.3, -0.25) is 4.39 Å². The first kappa shape index (κ1) is 9.82. The van der Waals surface area contributed by atoms with Gasteiger partial charge in [-0.15, -0.1) is 0 Å². The summed E-state index contributed by atoms with van der Waals surface area (Å²) in [4.78, 5) is 0. The van der Waals surface area contributed by atoms with E-state index in [4.69, 9.17) is 23.2 Å². The lowest BCUT2D eigenvalue weighted by molar-refractivity contribution is 0.473. The van der Waals surface area contributed by atoms with Gasteiger partial charge in [0, 0.05) is 10.0 Å². The Labute approximate surface area is 81.3 Å². The summed E-state index contributed by atoms with van der Waals surface area (Å²) in [6.07, 6.45) is 1.22. The lowest BCUT2D eigenvalue weighted by Gasteiger charge is -2.00. The van der Waals surface area contributed by atoms with Gasteiger partial charge in [-0.05, 0) is 36.6 Å². The predicted octanol–water partition coefficient (Wildman–Crippen LogP) is 3.90. The van der Waals surface area contributed by atoms with Crippen molar-refractivity contribution < 1.29 is 4.39 Å². The quantitative estimate of drug-likeness (QED) is 0.705. The van der Waals surface area contributed by atoms with E-state index in [1.807, 2.05) is 12.1 Å². The van der Waals surface area contributed by atoms with Crippen molar-refractivity contribution in [3.05, 3.63) is 33.8 Å². The molecule has 0 aliphatic rings. The number of hydrogen-bond acceptors (Lipinski definition) is 0. The second-order valence-electron chi connectivity index (χ2n) is 2.57. The minimum absolute atomic E-state index is 0.301. The van der Waals surface area contributed by atoms with Crippen LogP contribution in [0.15, 0.2) is 18.2 Å². The van der Waals surface area contributed by atoms with Gasteiger partial charge in [0.15, 0.2) is 0 Å². The summed E-state index contributed by atoms with van der Waals surface area (Å²) < 4.78 is 11.8. The number of aryl methyl sites for hydroxylation is 1. The van der Waals surface area contributed by atoms with Gasteiger partial charge in [-0.2, -0.15) is 0 Å². The standard InChI is InChI=1S/C9H9Cl2F/c10-8-4-7(2-1-3-12)5-9(11)6-8/h4-6H,1-3H2.